The van der Waals surface area contributed by atoms with Gasteiger partial charge in [0.1, 0.15) is 6.23 Å². The minimum Gasteiger partial charge on any atom is -0.370 e. The molecule has 0 aromatic heterocycles. The number of hydrogen-bond donors (Lipinski definition) is 2. The van der Waals surface area contributed by atoms with Gasteiger partial charge in [-0.15, -0.1) is 0 Å². The molecule has 2 N–H and O–H groups in total. The van der Waals surface area contributed by atoms with Crippen molar-refractivity contribution in [3.63, 3.8) is 0 Å². The highest BCUT2D eigenvalue weighted by Gasteiger charge is 2.52. The zero-order valence-corrected chi connectivity index (χ0v) is 22.8. The number of benzene rings is 3. The summed E-state index contributed by atoms with van der Waals surface area (Å²) in [6, 6.07) is 20.7. The largest absolute Gasteiger partial charge is 0.427 e. The summed E-state index contributed by atoms with van der Waals surface area (Å²) in [5, 5.41) is 14.6. The van der Waals surface area contributed by atoms with Gasteiger partial charge in [-0.05, 0) is 51.0 Å². The first kappa shape index (κ1) is 27.0. The summed E-state index contributed by atoms with van der Waals surface area (Å²) in [5.41, 5.74) is 2.82. The van der Waals surface area contributed by atoms with Crippen molar-refractivity contribution in [2.45, 2.75) is 12.8 Å². The van der Waals surface area contributed by atoms with E-state index in [1.54, 1.807) is 85.3 Å². The summed E-state index contributed by atoms with van der Waals surface area (Å²) in [6.07, 6.45) is -1.31. The highest BCUT2D eigenvalue weighted by molar-refractivity contribution is 6.74. The van der Waals surface area contributed by atoms with Crippen molar-refractivity contribution in [1.29, 1.82) is 0 Å². The second-order valence-corrected chi connectivity index (χ2v) is 10.2. The molecule has 11 nitrogen and oxygen atoms in total. The predicted octanol–water partition coefficient (Wildman–Crippen LogP) is 0.673. The van der Waals surface area contributed by atoms with Gasteiger partial charge in [0, 0.05) is 23.2 Å². The second kappa shape index (κ2) is 10.3. The number of fused-ring (bicyclic) bond motifs is 3. The number of aliphatic hydroxyl groups is 1. The Morgan fingerprint density at radius 2 is 1.37 bits per heavy atom. The molecule has 6 rings (SSSR count). The van der Waals surface area contributed by atoms with Crippen LogP contribution in [0.25, 0.3) is 0 Å². The van der Waals surface area contributed by atoms with Gasteiger partial charge in [-0.1, -0.05) is 48.5 Å². The Morgan fingerprint density at radius 3 is 1.95 bits per heavy atom. The maximum Gasteiger partial charge on any atom is 0.427 e. The quantitative estimate of drug-likeness (QED) is 0.313. The number of nitrogens with one attached hydrogen (secondary N) is 1. The maximum absolute atomic E-state index is 13.7. The van der Waals surface area contributed by atoms with Crippen LogP contribution < -0.4 is 5.23 Å². The van der Waals surface area contributed by atoms with Crippen molar-refractivity contribution < 1.29 is 24.3 Å². The first-order valence-electron chi connectivity index (χ1n) is 13.2. The number of hydrogen-bond acceptors (Lipinski definition) is 8. The molecule has 4 amide bonds. The Hall–Kier alpha value is -4.23. The Bertz CT molecular complexity index is 1560. The normalized spacial score (nSPS) is 17.5. The number of imide groups is 1. The number of nitrogens with zero attached hydrogens (tertiary/aromatic N) is 5. The smallest absolute Gasteiger partial charge is 0.370 e. The van der Waals surface area contributed by atoms with E-state index >= 15 is 0 Å². The monoisotopic (exact) mass is 547 g/mol. The number of carbonyl (C=O) groups is 4. The number of amides is 4. The highest BCUT2D eigenvalue weighted by Crippen LogP contribution is 2.34. The van der Waals surface area contributed by atoms with Crippen LogP contribution in [0.3, 0.4) is 0 Å². The molecule has 1 atom stereocenters. The molecule has 0 saturated heterocycles. The van der Waals surface area contributed by atoms with Crippen LogP contribution in [0.5, 0.6) is 0 Å². The minimum atomic E-state index is -1.31. The van der Waals surface area contributed by atoms with Crippen molar-refractivity contribution in [1.82, 2.24) is 29.1 Å². The van der Waals surface area contributed by atoms with Crippen molar-refractivity contribution in [3.05, 3.63) is 106 Å². The molecule has 0 saturated carbocycles. The molecular weight excluding hydrogens is 521 g/mol. The predicted molar refractivity (Wildman–Crippen MR) is 153 cm³/mol. The number of aliphatic hydroxyl groups excluding tert-OH is 1. The van der Waals surface area contributed by atoms with Gasteiger partial charge < -0.3 is 34.2 Å². The van der Waals surface area contributed by atoms with E-state index in [-0.39, 0.29) is 17.0 Å². The third-order valence-electron chi connectivity index (χ3n) is 7.86. The standard InChI is InChI=1S/C27H26B3N6O5/c1-31-29(34-16-17-10-4-5-11-18(17)23(34)37)33(3)30(36-26(40)21-14-8-9-15-22(21)27(36)41)32(2)28-35-24(38)19-12-6-7-13-20(19)25(35)39/h4-15,26,31,40H,16H2,1-3H3. The van der Waals surface area contributed by atoms with E-state index in [0.717, 1.165) is 10.4 Å². The van der Waals surface area contributed by atoms with Gasteiger partial charge in [0.2, 0.25) is 23.6 Å². The lowest BCUT2D eigenvalue weighted by Gasteiger charge is -2.43. The topological polar surface area (TPSA) is 117 Å². The van der Waals surface area contributed by atoms with Crippen LogP contribution in [-0.2, 0) is 6.54 Å². The molecule has 3 aliphatic heterocycles. The Morgan fingerprint density at radius 1 is 0.805 bits per heavy atom. The Labute approximate surface area is 238 Å². The van der Waals surface area contributed by atoms with Gasteiger partial charge in [0.25, 0.3) is 0 Å². The lowest BCUT2D eigenvalue weighted by molar-refractivity contribution is 0.0465. The van der Waals surface area contributed by atoms with Crippen LogP contribution in [-0.4, -0.2) is 95.5 Å². The molecule has 0 fully saturated rings. The maximum atomic E-state index is 13.7. The lowest BCUT2D eigenvalue weighted by Crippen LogP contribution is -2.73. The van der Waals surface area contributed by atoms with Crippen molar-refractivity contribution >= 4 is 45.4 Å². The van der Waals surface area contributed by atoms with Gasteiger partial charge in [0.05, 0.1) is 11.1 Å². The molecule has 1 radical (unpaired) electrons. The number of carbonyl (C=O) groups excluding carboxylic acids is 4. The van der Waals surface area contributed by atoms with Gasteiger partial charge in [-0.25, -0.2) is 0 Å². The number of rotatable bonds is 8. The van der Waals surface area contributed by atoms with Crippen LogP contribution in [0.4, 0.5) is 0 Å². The molecule has 3 heterocycles. The molecule has 41 heavy (non-hydrogen) atoms. The fourth-order valence-electron chi connectivity index (χ4n) is 5.96. The summed E-state index contributed by atoms with van der Waals surface area (Å²) >= 11 is 0. The molecule has 3 aromatic carbocycles. The SMILES string of the molecule is CNB(N(C)B(N(C)[B]N1C(=O)c2ccccc2C1=O)N1C(=O)c2ccccc2C1O)N1Cc2ccccc2C1=O. The average Bonchev–Trinajstić information content (AvgIpc) is 3.54. The fourth-order valence-corrected chi connectivity index (χ4v) is 5.96. The van der Waals surface area contributed by atoms with Crippen molar-refractivity contribution in [2.24, 2.45) is 0 Å². The van der Waals surface area contributed by atoms with E-state index in [4.69, 9.17) is 0 Å². The van der Waals surface area contributed by atoms with E-state index in [1.165, 1.54) is 17.1 Å². The zero-order valence-electron chi connectivity index (χ0n) is 22.8. The Balaban J connectivity index is 1.35. The van der Waals surface area contributed by atoms with Crippen LogP contribution in [0.15, 0.2) is 72.8 Å². The summed E-state index contributed by atoms with van der Waals surface area (Å²) in [4.78, 5) is 57.4. The summed E-state index contributed by atoms with van der Waals surface area (Å²) in [5.74, 6) is -1.61. The third kappa shape index (κ3) is 4.18. The first-order valence-corrected chi connectivity index (χ1v) is 13.2. The lowest BCUT2D eigenvalue weighted by atomic mass is 9.68. The zero-order chi connectivity index (χ0) is 29.0. The fraction of sp³-hybridized carbons (Fsp3) is 0.185. The Kier molecular flexibility index (Phi) is 6.78. The van der Waals surface area contributed by atoms with Gasteiger partial charge in [-0.2, -0.15) is 0 Å². The minimum absolute atomic E-state index is 0.186. The van der Waals surface area contributed by atoms with Crippen LogP contribution in [0, 0.1) is 0 Å². The molecule has 3 aliphatic rings. The van der Waals surface area contributed by atoms with Gasteiger partial charge in [-0.3, -0.25) is 19.2 Å². The van der Waals surface area contributed by atoms with Crippen LogP contribution in [0.1, 0.15) is 58.8 Å². The van der Waals surface area contributed by atoms with E-state index in [9.17, 15) is 24.3 Å². The molecular formula is C27H26B3N6O5. The molecule has 203 valence electrons. The molecule has 1 unspecified atom stereocenters. The summed E-state index contributed by atoms with van der Waals surface area (Å²) in [6.45, 7) is 0.333. The average molecular weight is 547 g/mol. The van der Waals surface area contributed by atoms with Crippen molar-refractivity contribution in [2.75, 3.05) is 21.1 Å². The van der Waals surface area contributed by atoms with E-state index in [2.05, 4.69) is 5.23 Å². The van der Waals surface area contributed by atoms with E-state index < -0.39 is 38.2 Å². The molecule has 14 heteroatoms. The first-order chi connectivity index (χ1) is 19.7. The highest BCUT2D eigenvalue weighted by atomic mass is 16.3. The third-order valence-corrected chi connectivity index (χ3v) is 7.86. The summed E-state index contributed by atoms with van der Waals surface area (Å²) < 4.78 is 3.23. The van der Waals surface area contributed by atoms with E-state index in [0.29, 0.717) is 23.2 Å². The van der Waals surface area contributed by atoms with Crippen LogP contribution in [0.2, 0.25) is 0 Å². The van der Waals surface area contributed by atoms with E-state index in [1.807, 2.05) is 18.2 Å². The van der Waals surface area contributed by atoms with Crippen LogP contribution >= 0.6 is 0 Å². The molecule has 3 aromatic rings. The second-order valence-electron chi connectivity index (χ2n) is 10.2. The van der Waals surface area contributed by atoms with Gasteiger partial charge >= 0.3 is 21.8 Å². The van der Waals surface area contributed by atoms with Crippen molar-refractivity contribution in [3.8, 4) is 0 Å². The summed E-state index contributed by atoms with van der Waals surface area (Å²) in [7, 11) is 4.57. The van der Waals surface area contributed by atoms with Gasteiger partial charge in [0.15, 0.2) is 0 Å². The molecule has 0 spiro atoms. The molecule has 0 bridgehead atoms. The molecule has 0 aliphatic carbocycles.